The fourth-order valence-corrected chi connectivity index (χ4v) is 4.21. The fourth-order valence-electron chi connectivity index (χ4n) is 1.45. The molecule has 0 bridgehead atoms. The number of aliphatic hydroxyl groups excluding tert-OH is 1. The molecule has 2 rings (SSSR count). The summed E-state index contributed by atoms with van der Waals surface area (Å²) in [6, 6.07) is 8.06. The van der Waals surface area contributed by atoms with E-state index >= 15 is 0 Å². The minimum atomic E-state index is -3.61. The van der Waals surface area contributed by atoms with E-state index in [1.807, 2.05) is 0 Å². The Hall–Kier alpha value is -1.08. The van der Waals surface area contributed by atoms with Crippen molar-refractivity contribution in [2.75, 3.05) is 4.72 Å². The van der Waals surface area contributed by atoms with Crippen molar-refractivity contribution in [1.82, 2.24) is 0 Å². The van der Waals surface area contributed by atoms with E-state index in [1.165, 1.54) is 6.07 Å². The summed E-state index contributed by atoms with van der Waals surface area (Å²) < 4.78 is 27.3. The summed E-state index contributed by atoms with van der Waals surface area (Å²) in [5.41, 5.74) is 1.90. The lowest BCUT2D eigenvalue weighted by atomic mass is 10.2. The average Bonchev–Trinajstić information content (AvgIpc) is 2.71. The van der Waals surface area contributed by atoms with Crippen molar-refractivity contribution >= 4 is 38.6 Å². The van der Waals surface area contributed by atoms with E-state index in [1.54, 1.807) is 31.2 Å². The molecule has 0 fully saturated rings. The van der Waals surface area contributed by atoms with Gasteiger partial charge in [-0.25, -0.2) is 8.42 Å². The number of rotatable bonds is 4. The molecule has 0 unspecified atom stereocenters. The van der Waals surface area contributed by atoms with Gasteiger partial charge in [0.2, 0.25) is 0 Å². The lowest BCUT2D eigenvalue weighted by Gasteiger charge is -2.06. The van der Waals surface area contributed by atoms with Gasteiger partial charge in [-0.1, -0.05) is 23.7 Å². The SMILES string of the molecule is Cc1cc(S(=O)(=O)Nc2ccc(CO)cc2)sc1Cl. The molecule has 0 atom stereocenters. The van der Waals surface area contributed by atoms with Gasteiger partial charge in [-0.05, 0) is 36.2 Å². The van der Waals surface area contributed by atoms with Crippen LogP contribution in [0.3, 0.4) is 0 Å². The van der Waals surface area contributed by atoms with Gasteiger partial charge in [0.15, 0.2) is 0 Å². The summed E-state index contributed by atoms with van der Waals surface area (Å²) in [6.07, 6.45) is 0. The molecular weight excluding hydrogens is 306 g/mol. The predicted molar refractivity (Wildman–Crippen MR) is 77.2 cm³/mol. The predicted octanol–water partition coefficient (Wildman–Crippen LogP) is 3.00. The number of anilines is 1. The van der Waals surface area contributed by atoms with Gasteiger partial charge >= 0.3 is 0 Å². The number of hydrogen-bond donors (Lipinski definition) is 2. The molecule has 102 valence electrons. The third-order valence-electron chi connectivity index (χ3n) is 2.49. The van der Waals surface area contributed by atoms with Crippen molar-refractivity contribution in [3.8, 4) is 0 Å². The van der Waals surface area contributed by atoms with E-state index in [9.17, 15) is 8.42 Å². The fraction of sp³-hybridized carbons (Fsp3) is 0.167. The van der Waals surface area contributed by atoms with Gasteiger partial charge in [-0.2, -0.15) is 0 Å². The molecule has 2 aromatic rings. The third-order valence-corrected chi connectivity index (χ3v) is 5.90. The molecule has 1 aromatic heterocycles. The molecule has 7 heteroatoms. The van der Waals surface area contributed by atoms with Gasteiger partial charge in [0.1, 0.15) is 4.21 Å². The first-order chi connectivity index (χ1) is 8.92. The highest BCUT2D eigenvalue weighted by molar-refractivity contribution is 7.94. The standard InChI is InChI=1S/C12H12ClNO3S2/c1-8-6-11(18-12(8)13)19(16,17)14-10-4-2-9(7-15)3-5-10/h2-6,14-15H,7H2,1H3. The number of benzene rings is 1. The monoisotopic (exact) mass is 317 g/mol. The number of hydrogen-bond acceptors (Lipinski definition) is 4. The van der Waals surface area contributed by atoms with Crippen molar-refractivity contribution < 1.29 is 13.5 Å². The molecule has 0 amide bonds. The Balaban J connectivity index is 2.25. The van der Waals surface area contributed by atoms with Crippen molar-refractivity contribution in [3.63, 3.8) is 0 Å². The summed E-state index contributed by atoms with van der Waals surface area (Å²) in [6.45, 7) is 1.68. The van der Waals surface area contributed by atoms with Gasteiger partial charge in [0.25, 0.3) is 10.0 Å². The van der Waals surface area contributed by atoms with Crippen LogP contribution in [0.25, 0.3) is 0 Å². The van der Waals surface area contributed by atoms with Crippen LogP contribution >= 0.6 is 22.9 Å². The smallest absolute Gasteiger partial charge is 0.271 e. The zero-order chi connectivity index (χ0) is 14.0. The molecule has 1 heterocycles. The minimum absolute atomic E-state index is 0.0766. The van der Waals surface area contributed by atoms with Crippen LogP contribution in [-0.2, 0) is 16.6 Å². The number of aliphatic hydroxyl groups is 1. The first kappa shape index (κ1) is 14.3. The first-order valence-electron chi connectivity index (χ1n) is 5.41. The van der Waals surface area contributed by atoms with Crippen LogP contribution in [0.1, 0.15) is 11.1 Å². The van der Waals surface area contributed by atoms with Gasteiger partial charge in [-0.3, -0.25) is 4.72 Å². The highest BCUT2D eigenvalue weighted by Crippen LogP contribution is 2.31. The Bertz CT molecular complexity index is 658. The third kappa shape index (κ3) is 3.27. The van der Waals surface area contributed by atoms with Crippen molar-refractivity contribution in [2.45, 2.75) is 17.7 Å². The van der Waals surface area contributed by atoms with Crippen LogP contribution in [0.4, 0.5) is 5.69 Å². The van der Waals surface area contributed by atoms with Crippen molar-refractivity contribution in [1.29, 1.82) is 0 Å². The Morgan fingerprint density at radius 2 is 1.95 bits per heavy atom. The number of thiophene rings is 1. The molecule has 2 N–H and O–H groups in total. The highest BCUT2D eigenvalue weighted by Gasteiger charge is 2.18. The largest absolute Gasteiger partial charge is 0.392 e. The number of sulfonamides is 1. The van der Waals surface area contributed by atoms with Crippen LogP contribution in [0, 0.1) is 6.92 Å². The molecule has 0 spiro atoms. The molecule has 0 aliphatic carbocycles. The van der Waals surface area contributed by atoms with Gasteiger partial charge < -0.3 is 5.11 Å². The topological polar surface area (TPSA) is 66.4 Å². The molecule has 0 saturated heterocycles. The normalized spacial score (nSPS) is 11.5. The second kappa shape index (κ2) is 5.50. The van der Waals surface area contributed by atoms with Crippen LogP contribution in [0.15, 0.2) is 34.5 Å². The minimum Gasteiger partial charge on any atom is -0.392 e. The van der Waals surface area contributed by atoms with E-state index < -0.39 is 10.0 Å². The lowest BCUT2D eigenvalue weighted by Crippen LogP contribution is -2.11. The quantitative estimate of drug-likeness (QED) is 0.911. The second-order valence-corrected chi connectivity index (χ2v) is 7.55. The average molecular weight is 318 g/mol. The molecule has 0 radical (unpaired) electrons. The molecule has 1 aromatic carbocycles. The Labute approximate surface area is 120 Å². The summed E-state index contributed by atoms with van der Waals surface area (Å²) in [7, 11) is -3.61. The second-order valence-electron chi connectivity index (χ2n) is 3.98. The molecule has 19 heavy (non-hydrogen) atoms. The maximum atomic E-state index is 12.1. The zero-order valence-electron chi connectivity index (χ0n) is 10.1. The summed E-state index contributed by atoms with van der Waals surface area (Å²) in [5.74, 6) is 0. The number of halogens is 1. The van der Waals surface area contributed by atoms with Gasteiger partial charge in [0.05, 0.1) is 10.9 Å². The number of nitrogens with one attached hydrogen (secondary N) is 1. The molecule has 0 saturated carbocycles. The van der Waals surface area contributed by atoms with Gasteiger partial charge in [-0.15, -0.1) is 11.3 Å². The van der Waals surface area contributed by atoms with E-state index in [0.717, 1.165) is 22.5 Å². The Kier molecular flexibility index (Phi) is 4.15. The molecule has 0 aliphatic heterocycles. The van der Waals surface area contributed by atoms with Crippen molar-refractivity contribution in [2.24, 2.45) is 0 Å². The number of aryl methyl sites for hydroxylation is 1. The van der Waals surface area contributed by atoms with Crippen LogP contribution in [0.2, 0.25) is 4.34 Å². The molecular formula is C12H12ClNO3S2. The Morgan fingerprint density at radius 3 is 2.42 bits per heavy atom. The van der Waals surface area contributed by atoms with E-state index in [4.69, 9.17) is 16.7 Å². The highest BCUT2D eigenvalue weighted by atomic mass is 35.5. The van der Waals surface area contributed by atoms with Crippen LogP contribution < -0.4 is 4.72 Å². The van der Waals surface area contributed by atoms with E-state index in [2.05, 4.69) is 4.72 Å². The molecule has 0 aliphatic rings. The maximum absolute atomic E-state index is 12.1. The molecule has 4 nitrogen and oxygen atoms in total. The summed E-state index contributed by atoms with van der Waals surface area (Å²) in [5, 5.41) is 8.92. The zero-order valence-corrected chi connectivity index (χ0v) is 12.4. The van der Waals surface area contributed by atoms with Gasteiger partial charge in [0, 0.05) is 5.69 Å². The lowest BCUT2D eigenvalue weighted by molar-refractivity contribution is 0.282. The summed E-state index contributed by atoms with van der Waals surface area (Å²) in [4.78, 5) is 0. The van der Waals surface area contributed by atoms with E-state index in [-0.39, 0.29) is 10.8 Å². The van der Waals surface area contributed by atoms with E-state index in [0.29, 0.717) is 10.0 Å². The van der Waals surface area contributed by atoms with Crippen molar-refractivity contribution in [3.05, 3.63) is 45.8 Å². The first-order valence-corrected chi connectivity index (χ1v) is 8.08. The summed E-state index contributed by atoms with van der Waals surface area (Å²) >= 11 is 6.90. The van der Waals surface area contributed by atoms with Crippen LogP contribution in [0.5, 0.6) is 0 Å². The Morgan fingerprint density at radius 1 is 1.32 bits per heavy atom. The van der Waals surface area contributed by atoms with Crippen LogP contribution in [-0.4, -0.2) is 13.5 Å². The maximum Gasteiger partial charge on any atom is 0.271 e.